The SMILES string of the molecule is O=C(NC1CCN(C(=O)c2ccco2)CC1)C1CCCN(S(=O)(=O)c2ccccc2)C1. The maximum Gasteiger partial charge on any atom is 0.289 e. The van der Waals surface area contributed by atoms with Crippen LogP contribution < -0.4 is 5.32 Å². The molecule has 2 aliphatic heterocycles. The molecular formula is C22H27N3O5S. The average Bonchev–Trinajstić information content (AvgIpc) is 3.35. The van der Waals surface area contributed by atoms with Gasteiger partial charge in [0.25, 0.3) is 5.91 Å². The Morgan fingerprint density at radius 3 is 2.39 bits per heavy atom. The standard InChI is InChI=1S/C22H27N3O5S/c26-21(23-18-10-13-24(14-11-18)22(27)20-9-5-15-30-20)17-6-4-12-25(16-17)31(28,29)19-7-2-1-3-8-19/h1-3,5,7-9,15,17-18H,4,6,10-14,16H2,(H,23,26). The van der Waals surface area contributed by atoms with Gasteiger partial charge in [0.05, 0.1) is 17.1 Å². The number of hydrogen-bond donors (Lipinski definition) is 1. The third-order valence-corrected chi connectivity index (χ3v) is 7.88. The number of piperidine rings is 2. The van der Waals surface area contributed by atoms with E-state index >= 15 is 0 Å². The van der Waals surface area contributed by atoms with Crippen LogP contribution in [0.15, 0.2) is 58.0 Å². The summed E-state index contributed by atoms with van der Waals surface area (Å²) in [6, 6.07) is 11.6. The first-order chi connectivity index (χ1) is 14.9. The molecule has 0 spiro atoms. The van der Waals surface area contributed by atoms with Crippen LogP contribution in [0.5, 0.6) is 0 Å². The van der Waals surface area contributed by atoms with Gasteiger partial charge in [-0.2, -0.15) is 4.31 Å². The Labute approximate surface area is 182 Å². The highest BCUT2D eigenvalue weighted by atomic mass is 32.2. The summed E-state index contributed by atoms with van der Waals surface area (Å²) < 4.78 is 32.4. The fourth-order valence-corrected chi connectivity index (χ4v) is 5.76. The van der Waals surface area contributed by atoms with E-state index in [4.69, 9.17) is 4.42 Å². The van der Waals surface area contributed by atoms with Crippen LogP contribution >= 0.6 is 0 Å². The smallest absolute Gasteiger partial charge is 0.289 e. The van der Waals surface area contributed by atoms with Crippen LogP contribution in [0, 0.1) is 5.92 Å². The molecule has 166 valence electrons. The van der Waals surface area contributed by atoms with Crippen LogP contribution in [-0.2, 0) is 14.8 Å². The lowest BCUT2D eigenvalue weighted by Gasteiger charge is -2.35. The second-order valence-corrected chi connectivity index (χ2v) is 10.0. The number of amides is 2. The van der Waals surface area contributed by atoms with Crippen LogP contribution in [0.1, 0.15) is 36.2 Å². The van der Waals surface area contributed by atoms with Crippen molar-refractivity contribution in [2.24, 2.45) is 5.92 Å². The van der Waals surface area contributed by atoms with Gasteiger partial charge < -0.3 is 14.6 Å². The molecule has 4 rings (SSSR count). The molecule has 3 heterocycles. The predicted octanol–water partition coefficient (Wildman–Crippen LogP) is 2.10. The van der Waals surface area contributed by atoms with Crippen molar-refractivity contribution >= 4 is 21.8 Å². The molecule has 2 saturated heterocycles. The van der Waals surface area contributed by atoms with Gasteiger partial charge in [-0.15, -0.1) is 0 Å². The van der Waals surface area contributed by atoms with Crippen LogP contribution in [-0.4, -0.2) is 61.7 Å². The highest BCUT2D eigenvalue weighted by molar-refractivity contribution is 7.89. The van der Waals surface area contributed by atoms with Crippen LogP contribution in [0.2, 0.25) is 0 Å². The lowest BCUT2D eigenvalue weighted by Crippen LogP contribution is -2.50. The van der Waals surface area contributed by atoms with Crippen molar-refractivity contribution in [3.63, 3.8) is 0 Å². The first-order valence-corrected chi connectivity index (χ1v) is 12.1. The molecule has 1 unspecified atom stereocenters. The van der Waals surface area contributed by atoms with Crippen molar-refractivity contribution in [1.82, 2.24) is 14.5 Å². The first kappa shape index (κ1) is 21.6. The van der Waals surface area contributed by atoms with Crippen molar-refractivity contribution in [3.05, 3.63) is 54.5 Å². The van der Waals surface area contributed by atoms with E-state index in [1.165, 1.54) is 10.6 Å². The maximum atomic E-state index is 12.9. The van der Waals surface area contributed by atoms with E-state index in [1.807, 2.05) is 0 Å². The fraction of sp³-hybridized carbons (Fsp3) is 0.455. The predicted molar refractivity (Wildman–Crippen MR) is 114 cm³/mol. The molecule has 0 saturated carbocycles. The van der Waals surface area contributed by atoms with Crippen molar-refractivity contribution in [2.45, 2.75) is 36.6 Å². The normalized spacial score (nSPS) is 21.0. The molecule has 2 aliphatic rings. The van der Waals surface area contributed by atoms with E-state index in [0.29, 0.717) is 51.1 Å². The molecule has 1 aromatic heterocycles. The quantitative estimate of drug-likeness (QED) is 0.760. The molecule has 9 heteroatoms. The van der Waals surface area contributed by atoms with Gasteiger partial charge in [-0.25, -0.2) is 8.42 Å². The van der Waals surface area contributed by atoms with E-state index in [1.54, 1.807) is 47.4 Å². The number of nitrogens with zero attached hydrogens (tertiary/aromatic N) is 2. The van der Waals surface area contributed by atoms with E-state index in [-0.39, 0.29) is 35.2 Å². The largest absolute Gasteiger partial charge is 0.459 e. The minimum atomic E-state index is -3.60. The Bertz CT molecular complexity index is 999. The summed E-state index contributed by atoms with van der Waals surface area (Å²) in [6.07, 6.45) is 4.13. The lowest BCUT2D eigenvalue weighted by atomic mass is 9.97. The fourth-order valence-electron chi connectivity index (χ4n) is 4.22. The third kappa shape index (κ3) is 4.83. The van der Waals surface area contributed by atoms with E-state index in [0.717, 1.165) is 0 Å². The highest BCUT2D eigenvalue weighted by Crippen LogP contribution is 2.24. The monoisotopic (exact) mass is 445 g/mol. The molecule has 2 aromatic rings. The summed E-state index contributed by atoms with van der Waals surface area (Å²) >= 11 is 0. The summed E-state index contributed by atoms with van der Waals surface area (Å²) in [6.45, 7) is 1.71. The van der Waals surface area contributed by atoms with Crippen LogP contribution in [0.4, 0.5) is 0 Å². The second-order valence-electron chi connectivity index (χ2n) is 8.07. The van der Waals surface area contributed by atoms with Gasteiger partial charge in [0.2, 0.25) is 15.9 Å². The van der Waals surface area contributed by atoms with Crippen molar-refractivity contribution < 1.29 is 22.4 Å². The van der Waals surface area contributed by atoms with Gasteiger partial charge in [0.15, 0.2) is 5.76 Å². The minimum absolute atomic E-state index is 0.0192. The summed E-state index contributed by atoms with van der Waals surface area (Å²) in [7, 11) is -3.60. The maximum absolute atomic E-state index is 12.9. The molecular weight excluding hydrogens is 418 g/mol. The number of nitrogens with one attached hydrogen (secondary N) is 1. The van der Waals surface area contributed by atoms with E-state index < -0.39 is 10.0 Å². The zero-order valence-corrected chi connectivity index (χ0v) is 18.1. The molecule has 0 aliphatic carbocycles. The molecule has 2 amide bonds. The topological polar surface area (TPSA) is 99.9 Å². The molecule has 1 aromatic carbocycles. The summed E-state index contributed by atoms with van der Waals surface area (Å²) in [5.41, 5.74) is 0. The second kappa shape index (κ2) is 9.23. The molecule has 2 fully saturated rings. The van der Waals surface area contributed by atoms with Crippen LogP contribution in [0.3, 0.4) is 0 Å². The van der Waals surface area contributed by atoms with E-state index in [2.05, 4.69) is 5.32 Å². The molecule has 1 N–H and O–H groups in total. The van der Waals surface area contributed by atoms with Gasteiger partial charge in [-0.3, -0.25) is 9.59 Å². The Balaban J connectivity index is 1.30. The summed E-state index contributed by atoms with van der Waals surface area (Å²) in [4.78, 5) is 27.2. The van der Waals surface area contributed by atoms with Crippen molar-refractivity contribution in [2.75, 3.05) is 26.2 Å². The van der Waals surface area contributed by atoms with Gasteiger partial charge in [-0.05, 0) is 49.9 Å². The van der Waals surface area contributed by atoms with Crippen molar-refractivity contribution in [3.8, 4) is 0 Å². The van der Waals surface area contributed by atoms with Crippen molar-refractivity contribution in [1.29, 1.82) is 0 Å². The summed E-state index contributed by atoms with van der Waals surface area (Å²) in [5, 5.41) is 3.07. The zero-order chi connectivity index (χ0) is 21.8. The third-order valence-electron chi connectivity index (χ3n) is 6.00. The van der Waals surface area contributed by atoms with Gasteiger partial charge in [-0.1, -0.05) is 18.2 Å². The molecule has 1 atom stereocenters. The van der Waals surface area contributed by atoms with Gasteiger partial charge in [0.1, 0.15) is 0 Å². The molecule has 0 bridgehead atoms. The van der Waals surface area contributed by atoms with Crippen LogP contribution in [0.25, 0.3) is 0 Å². The number of carbonyl (C=O) groups is 2. The minimum Gasteiger partial charge on any atom is -0.459 e. The molecule has 8 nitrogen and oxygen atoms in total. The Kier molecular flexibility index (Phi) is 6.43. The lowest BCUT2D eigenvalue weighted by molar-refractivity contribution is -0.127. The molecule has 31 heavy (non-hydrogen) atoms. The van der Waals surface area contributed by atoms with Gasteiger partial charge in [0, 0.05) is 32.2 Å². The van der Waals surface area contributed by atoms with Gasteiger partial charge >= 0.3 is 0 Å². The number of carbonyl (C=O) groups excluding carboxylic acids is 2. The Morgan fingerprint density at radius 2 is 1.71 bits per heavy atom. The number of furan rings is 1. The number of benzene rings is 1. The number of rotatable bonds is 5. The first-order valence-electron chi connectivity index (χ1n) is 10.6. The zero-order valence-electron chi connectivity index (χ0n) is 17.3. The van der Waals surface area contributed by atoms with E-state index in [9.17, 15) is 18.0 Å². The highest BCUT2D eigenvalue weighted by Gasteiger charge is 2.34. The Hall–Kier alpha value is -2.65. The summed E-state index contributed by atoms with van der Waals surface area (Å²) in [5.74, 6) is -0.285. The average molecular weight is 446 g/mol. The number of likely N-dealkylation sites (tertiary alicyclic amines) is 1. The molecule has 0 radical (unpaired) electrons. The number of sulfonamides is 1. The number of hydrogen-bond acceptors (Lipinski definition) is 5. The Morgan fingerprint density at radius 1 is 0.968 bits per heavy atom.